The molecule has 0 atom stereocenters. The molecule has 0 radical (unpaired) electrons. The van der Waals surface area contributed by atoms with E-state index in [-0.39, 0.29) is 18.0 Å². The average Bonchev–Trinajstić information content (AvgIpc) is 2.75. The number of sulfonamides is 1. The first-order chi connectivity index (χ1) is 14.1. The Morgan fingerprint density at radius 2 is 1.41 bits per heavy atom. The third-order valence-corrected chi connectivity index (χ3v) is 5.91. The highest BCUT2D eigenvalue weighted by Gasteiger charge is 2.26. The largest absolute Gasteiger partial charge is 0.272 e. The van der Waals surface area contributed by atoms with Gasteiger partial charge >= 0.3 is 0 Å². The number of nitrogens with zero attached hydrogens (tertiary/aromatic N) is 2. The van der Waals surface area contributed by atoms with Gasteiger partial charge < -0.3 is 0 Å². The van der Waals surface area contributed by atoms with Crippen molar-refractivity contribution in [2.75, 3.05) is 6.54 Å². The minimum absolute atomic E-state index is 0.0773. The van der Waals surface area contributed by atoms with Gasteiger partial charge in [0.25, 0.3) is 5.91 Å². The second-order valence-corrected chi connectivity index (χ2v) is 8.21. The molecular formula is C22H21N3O3S. The SMILES string of the molecule is O=C(CN(Cc1ccccc1)S(=O)(=O)c1ccccc1)N/N=C\c1ccccc1. The topological polar surface area (TPSA) is 78.8 Å². The molecule has 0 aliphatic heterocycles. The highest BCUT2D eigenvalue weighted by Crippen LogP contribution is 2.18. The number of benzene rings is 3. The van der Waals surface area contributed by atoms with Crippen molar-refractivity contribution in [1.82, 2.24) is 9.73 Å². The van der Waals surface area contributed by atoms with Crippen LogP contribution >= 0.6 is 0 Å². The van der Waals surface area contributed by atoms with Crippen molar-refractivity contribution in [2.45, 2.75) is 11.4 Å². The van der Waals surface area contributed by atoms with Crippen LogP contribution in [0.1, 0.15) is 11.1 Å². The predicted molar refractivity (Wildman–Crippen MR) is 113 cm³/mol. The van der Waals surface area contributed by atoms with Crippen LogP contribution in [0.3, 0.4) is 0 Å². The normalized spacial score (nSPS) is 11.6. The Morgan fingerprint density at radius 1 is 0.862 bits per heavy atom. The molecule has 0 aliphatic rings. The smallest absolute Gasteiger partial charge is 0.255 e. The Kier molecular flexibility index (Phi) is 6.89. The molecule has 148 valence electrons. The van der Waals surface area contributed by atoms with Crippen molar-refractivity contribution in [3.05, 3.63) is 102 Å². The number of rotatable bonds is 8. The molecule has 0 aromatic heterocycles. The van der Waals surface area contributed by atoms with E-state index in [2.05, 4.69) is 10.5 Å². The molecule has 0 saturated carbocycles. The van der Waals surface area contributed by atoms with Gasteiger partial charge in [0.2, 0.25) is 10.0 Å². The van der Waals surface area contributed by atoms with Crippen molar-refractivity contribution >= 4 is 22.1 Å². The molecule has 1 N–H and O–H groups in total. The van der Waals surface area contributed by atoms with Gasteiger partial charge in [-0.05, 0) is 23.3 Å². The van der Waals surface area contributed by atoms with Gasteiger partial charge in [0.1, 0.15) is 0 Å². The van der Waals surface area contributed by atoms with Crippen LogP contribution in [0.25, 0.3) is 0 Å². The summed E-state index contributed by atoms with van der Waals surface area (Å²) in [5.74, 6) is -0.521. The summed E-state index contributed by atoms with van der Waals surface area (Å²) >= 11 is 0. The van der Waals surface area contributed by atoms with Crippen molar-refractivity contribution in [3.63, 3.8) is 0 Å². The number of carbonyl (C=O) groups excluding carboxylic acids is 1. The van der Waals surface area contributed by atoms with E-state index in [1.165, 1.54) is 18.3 Å². The van der Waals surface area contributed by atoms with E-state index in [0.29, 0.717) is 0 Å². The van der Waals surface area contributed by atoms with Gasteiger partial charge in [0.15, 0.2) is 0 Å². The molecule has 0 bridgehead atoms. The molecule has 0 unspecified atom stereocenters. The summed E-state index contributed by atoms with van der Waals surface area (Å²) in [6.45, 7) is -0.272. The van der Waals surface area contributed by atoms with Gasteiger partial charge in [-0.25, -0.2) is 13.8 Å². The van der Waals surface area contributed by atoms with Crippen LogP contribution in [-0.2, 0) is 21.4 Å². The molecule has 1 amide bonds. The minimum Gasteiger partial charge on any atom is -0.272 e. The molecule has 7 heteroatoms. The Hall–Kier alpha value is -3.29. The zero-order valence-corrected chi connectivity index (χ0v) is 16.5. The number of carbonyl (C=O) groups is 1. The lowest BCUT2D eigenvalue weighted by Crippen LogP contribution is -2.39. The van der Waals surface area contributed by atoms with Crippen LogP contribution in [0.4, 0.5) is 0 Å². The summed E-state index contributed by atoms with van der Waals surface area (Å²) in [5.41, 5.74) is 4.01. The number of nitrogens with one attached hydrogen (secondary N) is 1. The van der Waals surface area contributed by atoms with E-state index in [4.69, 9.17) is 0 Å². The first-order valence-corrected chi connectivity index (χ1v) is 10.5. The lowest BCUT2D eigenvalue weighted by molar-refractivity contribution is -0.121. The molecule has 0 heterocycles. The lowest BCUT2D eigenvalue weighted by atomic mass is 10.2. The van der Waals surface area contributed by atoms with E-state index in [0.717, 1.165) is 15.4 Å². The van der Waals surface area contributed by atoms with E-state index in [1.54, 1.807) is 18.2 Å². The first-order valence-electron chi connectivity index (χ1n) is 9.02. The van der Waals surface area contributed by atoms with Crippen molar-refractivity contribution in [1.29, 1.82) is 0 Å². The Bertz CT molecular complexity index is 1050. The third-order valence-electron chi connectivity index (χ3n) is 4.11. The summed E-state index contributed by atoms with van der Waals surface area (Å²) in [5, 5.41) is 3.91. The van der Waals surface area contributed by atoms with Crippen LogP contribution in [0.15, 0.2) is 101 Å². The fourth-order valence-corrected chi connectivity index (χ4v) is 4.07. The molecule has 3 rings (SSSR count). The zero-order valence-electron chi connectivity index (χ0n) is 15.7. The molecule has 0 spiro atoms. The number of hydrogen-bond acceptors (Lipinski definition) is 4. The zero-order chi connectivity index (χ0) is 20.5. The monoisotopic (exact) mass is 407 g/mol. The highest BCUT2D eigenvalue weighted by molar-refractivity contribution is 7.89. The molecule has 29 heavy (non-hydrogen) atoms. The second-order valence-electron chi connectivity index (χ2n) is 6.28. The molecule has 0 aliphatic carbocycles. The lowest BCUT2D eigenvalue weighted by Gasteiger charge is -2.21. The van der Waals surface area contributed by atoms with Gasteiger partial charge in [-0.15, -0.1) is 0 Å². The van der Waals surface area contributed by atoms with Gasteiger partial charge in [-0.2, -0.15) is 9.41 Å². The summed E-state index contributed by atoms with van der Waals surface area (Å²) in [4.78, 5) is 12.5. The fourth-order valence-electron chi connectivity index (χ4n) is 2.67. The maximum atomic E-state index is 13.1. The molecule has 6 nitrogen and oxygen atoms in total. The average molecular weight is 407 g/mol. The number of hydrogen-bond donors (Lipinski definition) is 1. The van der Waals surface area contributed by atoms with Gasteiger partial charge in [0.05, 0.1) is 17.7 Å². The molecule has 3 aromatic rings. The van der Waals surface area contributed by atoms with E-state index in [9.17, 15) is 13.2 Å². The van der Waals surface area contributed by atoms with Crippen LogP contribution in [0.5, 0.6) is 0 Å². The van der Waals surface area contributed by atoms with Crippen molar-refractivity contribution in [2.24, 2.45) is 5.10 Å². The van der Waals surface area contributed by atoms with Gasteiger partial charge in [0, 0.05) is 6.54 Å². The van der Waals surface area contributed by atoms with E-state index >= 15 is 0 Å². The van der Waals surface area contributed by atoms with Crippen molar-refractivity contribution < 1.29 is 13.2 Å². The van der Waals surface area contributed by atoms with Crippen LogP contribution < -0.4 is 5.43 Å². The Balaban J connectivity index is 1.76. The van der Waals surface area contributed by atoms with Gasteiger partial charge in [-0.1, -0.05) is 78.9 Å². The van der Waals surface area contributed by atoms with Crippen LogP contribution in [0, 0.1) is 0 Å². The predicted octanol–water partition coefficient (Wildman–Crippen LogP) is 3.03. The Labute approximate surface area is 170 Å². The minimum atomic E-state index is -3.85. The van der Waals surface area contributed by atoms with Crippen molar-refractivity contribution in [3.8, 4) is 0 Å². The summed E-state index contributed by atoms with van der Waals surface area (Å²) in [6, 6.07) is 26.5. The molecular weight excluding hydrogens is 386 g/mol. The van der Waals surface area contributed by atoms with Crippen LogP contribution in [-0.4, -0.2) is 31.4 Å². The third kappa shape index (κ3) is 5.84. The van der Waals surface area contributed by atoms with Gasteiger partial charge in [-0.3, -0.25) is 4.79 Å². The quantitative estimate of drug-likeness (QED) is 0.460. The maximum absolute atomic E-state index is 13.1. The highest BCUT2D eigenvalue weighted by atomic mass is 32.2. The maximum Gasteiger partial charge on any atom is 0.255 e. The van der Waals surface area contributed by atoms with E-state index < -0.39 is 15.9 Å². The number of amides is 1. The van der Waals surface area contributed by atoms with Crippen LogP contribution in [0.2, 0.25) is 0 Å². The summed E-state index contributed by atoms with van der Waals surface area (Å²) in [6.07, 6.45) is 1.51. The molecule has 0 saturated heterocycles. The van der Waals surface area contributed by atoms with E-state index in [1.807, 2.05) is 60.7 Å². The molecule has 0 fully saturated rings. The number of hydrazone groups is 1. The molecule has 3 aromatic carbocycles. The summed E-state index contributed by atoms with van der Waals surface area (Å²) in [7, 11) is -3.85. The second kappa shape index (κ2) is 9.77. The standard InChI is InChI=1S/C22H21N3O3S/c26-22(24-23-16-19-10-4-1-5-11-19)18-25(17-20-12-6-2-7-13-20)29(27,28)21-14-8-3-9-15-21/h1-16H,17-18H2,(H,24,26)/b23-16-. The first kappa shape index (κ1) is 20.4. The fraction of sp³-hybridized carbons (Fsp3) is 0.0909. The Morgan fingerprint density at radius 3 is 2.03 bits per heavy atom. The summed E-state index contributed by atoms with van der Waals surface area (Å²) < 4.78 is 27.3.